The molecule has 1 aromatic heterocycles. The lowest BCUT2D eigenvalue weighted by Gasteiger charge is -2.18. The first kappa shape index (κ1) is 17.3. The molecule has 1 amide bonds. The highest BCUT2D eigenvalue weighted by molar-refractivity contribution is 7.14. The molecule has 138 valence electrons. The second-order valence-electron chi connectivity index (χ2n) is 6.63. The number of anilines is 1. The fraction of sp³-hybridized carbons (Fsp3) is 0.474. The van der Waals surface area contributed by atoms with E-state index in [1.54, 1.807) is 0 Å². The van der Waals surface area contributed by atoms with Gasteiger partial charge in [-0.25, -0.2) is 4.98 Å². The van der Waals surface area contributed by atoms with Gasteiger partial charge in [0.1, 0.15) is 13.2 Å². The number of amides is 1. The summed E-state index contributed by atoms with van der Waals surface area (Å²) in [6, 6.07) is 5.80. The van der Waals surface area contributed by atoms with E-state index < -0.39 is 0 Å². The third-order valence-corrected chi connectivity index (χ3v) is 5.41. The number of benzene rings is 1. The van der Waals surface area contributed by atoms with E-state index in [0.29, 0.717) is 24.9 Å². The molecule has 1 saturated heterocycles. The van der Waals surface area contributed by atoms with Crippen molar-refractivity contribution in [2.24, 2.45) is 0 Å². The van der Waals surface area contributed by atoms with Crippen LogP contribution in [0.3, 0.4) is 0 Å². The van der Waals surface area contributed by atoms with Crippen LogP contribution in [0, 0.1) is 0 Å². The van der Waals surface area contributed by atoms with E-state index >= 15 is 0 Å². The van der Waals surface area contributed by atoms with Gasteiger partial charge in [-0.15, -0.1) is 11.3 Å². The van der Waals surface area contributed by atoms with Crippen molar-refractivity contribution in [1.82, 2.24) is 9.88 Å². The van der Waals surface area contributed by atoms with Gasteiger partial charge in [-0.2, -0.15) is 0 Å². The first-order valence-corrected chi connectivity index (χ1v) is 10.0. The van der Waals surface area contributed by atoms with Crippen molar-refractivity contribution < 1.29 is 14.3 Å². The Morgan fingerprint density at radius 2 is 1.88 bits per heavy atom. The summed E-state index contributed by atoms with van der Waals surface area (Å²) in [4.78, 5) is 19.1. The third kappa shape index (κ3) is 4.16. The topological polar surface area (TPSA) is 63.7 Å². The highest BCUT2D eigenvalue weighted by Gasteiger charge is 2.16. The summed E-state index contributed by atoms with van der Waals surface area (Å²) in [6.07, 6.45) is 4.89. The number of hydrogen-bond acceptors (Lipinski definition) is 6. The first-order valence-electron chi connectivity index (χ1n) is 9.16. The van der Waals surface area contributed by atoms with Crippen molar-refractivity contribution in [2.45, 2.75) is 25.7 Å². The van der Waals surface area contributed by atoms with E-state index in [1.807, 2.05) is 23.6 Å². The number of ether oxygens (including phenoxy) is 2. The van der Waals surface area contributed by atoms with Gasteiger partial charge in [0.15, 0.2) is 16.6 Å². The van der Waals surface area contributed by atoms with Crippen LogP contribution in [-0.2, 0) is 4.79 Å². The summed E-state index contributed by atoms with van der Waals surface area (Å²) < 4.78 is 11.2. The molecule has 0 atom stereocenters. The van der Waals surface area contributed by atoms with Crippen LogP contribution < -0.4 is 14.8 Å². The second-order valence-corrected chi connectivity index (χ2v) is 7.49. The zero-order valence-corrected chi connectivity index (χ0v) is 15.5. The number of rotatable bonds is 4. The minimum absolute atomic E-state index is 0.00924. The minimum Gasteiger partial charge on any atom is -0.486 e. The lowest BCUT2D eigenvalue weighted by molar-refractivity contribution is -0.117. The normalized spacial score (nSPS) is 17.5. The maximum Gasteiger partial charge on any atom is 0.240 e. The molecule has 0 spiro atoms. The smallest absolute Gasteiger partial charge is 0.240 e. The van der Waals surface area contributed by atoms with E-state index in [2.05, 4.69) is 15.2 Å². The summed E-state index contributed by atoms with van der Waals surface area (Å²) in [5.74, 6) is 1.52. The van der Waals surface area contributed by atoms with Gasteiger partial charge in [-0.3, -0.25) is 9.69 Å². The molecule has 1 N–H and O–H groups in total. The van der Waals surface area contributed by atoms with Crippen LogP contribution in [0.15, 0.2) is 23.6 Å². The Labute approximate surface area is 157 Å². The number of likely N-dealkylation sites (tertiary alicyclic amines) is 1. The zero-order chi connectivity index (χ0) is 17.8. The van der Waals surface area contributed by atoms with Crippen molar-refractivity contribution >= 4 is 22.4 Å². The fourth-order valence-electron chi connectivity index (χ4n) is 3.32. The van der Waals surface area contributed by atoms with Crippen LogP contribution in [-0.4, -0.2) is 48.6 Å². The number of nitrogens with one attached hydrogen (secondary N) is 1. The Balaban J connectivity index is 1.39. The molecule has 0 aliphatic carbocycles. The Kier molecular flexibility index (Phi) is 5.36. The second kappa shape index (κ2) is 8.05. The Morgan fingerprint density at radius 1 is 1.12 bits per heavy atom. The molecule has 0 saturated carbocycles. The van der Waals surface area contributed by atoms with Crippen molar-refractivity contribution in [1.29, 1.82) is 0 Å². The molecule has 2 aromatic rings. The SMILES string of the molecule is O=C(CN1CCCCCC1)Nc1nc(-c2ccc3c(c2)OCCO3)cs1. The molecular weight excluding hydrogens is 350 g/mol. The molecule has 2 aliphatic rings. The lowest BCUT2D eigenvalue weighted by atomic mass is 10.1. The van der Waals surface area contributed by atoms with Crippen LogP contribution in [0.25, 0.3) is 11.3 Å². The molecule has 7 heteroatoms. The summed E-state index contributed by atoms with van der Waals surface area (Å²) in [5, 5.41) is 5.52. The quantitative estimate of drug-likeness (QED) is 0.890. The molecule has 1 aromatic carbocycles. The average Bonchev–Trinajstić information content (AvgIpc) is 2.97. The van der Waals surface area contributed by atoms with Gasteiger partial charge in [-0.05, 0) is 44.1 Å². The summed E-state index contributed by atoms with van der Waals surface area (Å²) in [5.41, 5.74) is 1.79. The lowest BCUT2D eigenvalue weighted by Crippen LogP contribution is -2.33. The fourth-order valence-corrected chi connectivity index (χ4v) is 4.06. The number of thiazole rings is 1. The van der Waals surface area contributed by atoms with Crippen molar-refractivity contribution in [3.05, 3.63) is 23.6 Å². The number of nitrogens with zero attached hydrogens (tertiary/aromatic N) is 2. The van der Waals surface area contributed by atoms with Crippen molar-refractivity contribution in [3.63, 3.8) is 0 Å². The van der Waals surface area contributed by atoms with Gasteiger partial charge in [-0.1, -0.05) is 12.8 Å². The zero-order valence-electron chi connectivity index (χ0n) is 14.7. The molecule has 0 radical (unpaired) electrons. The number of carbonyl (C=O) groups excluding carboxylic acids is 1. The molecule has 4 rings (SSSR count). The van der Waals surface area contributed by atoms with E-state index in [-0.39, 0.29) is 5.91 Å². The standard InChI is InChI=1S/C19H23N3O3S/c23-18(12-22-7-3-1-2-4-8-22)21-19-20-15(13-26-19)14-5-6-16-17(11-14)25-10-9-24-16/h5-6,11,13H,1-4,7-10,12H2,(H,20,21,23). The maximum absolute atomic E-state index is 12.3. The number of aromatic nitrogens is 1. The van der Waals surface area contributed by atoms with E-state index in [9.17, 15) is 4.79 Å². The molecule has 2 aliphatic heterocycles. The highest BCUT2D eigenvalue weighted by atomic mass is 32.1. The van der Waals surface area contributed by atoms with Gasteiger partial charge >= 0.3 is 0 Å². The number of carbonyl (C=O) groups is 1. The largest absolute Gasteiger partial charge is 0.486 e. The van der Waals surface area contributed by atoms with Gasteiger partial charge in [0.25, 0.3) is 0 Å². The Hall–Kier alpha value is -2.12. The highest BCUT2D eigenvalue weighted by Crippen LogP contribution is 2.35. The summed E-state index contributed by atoms with van der Waals surface area (Å²) in [6.45, 7) is 3.60. The van der Waals surface area contributed by atoms with Crippen LogP contribution in [0.5, 0.6) is 11.5 Å². The van der Waals surface area contributed by atoms with Gasteiger partial charge < -0.3 is 14.8 Å². The van der Waals surface area contributed by atoms with Crippen LogP contribution in [0.4, 0.5) is 5.13 Å². The summed E-state index contributed by atoms with van der Waals surface area (Å²) in [7, 11) is 0. The van der Waals surface area contributed by atoms with Gasteiger partial charge in [0.05, 0.1) is 12.2 Å². The Morgan fingerprint density at radius 3 is 2.69 bits per heavy atom. The molecule has 6 nitrogen and oxygen atoms in total. The number of fused-ring (bicyclic) bond motifs is 1. The molecule has 0 bridgehead atoms. The van der Waals surface area contributed by atoms with E-state index in [4.69, 9.17) is 9.47 Å². The number of hydrogen-bond donors (Lipinski definition) is 1. The van der Waals surface area contributed by atoms with E-state index in [1.165, 1.54) is 37.0 Å². The molecule has 1 fully saturated rings. The molecular formula is C19H23N3O3S. The monoisotopic (exact) mass is 373 g/mol. The minimum atomic E-state index is 0.00924. The molecule has 0 unspecified atom stereocenters. The Bertz CT molecular complexity index is 769. The predicted molar refractivity (Wildman–Crippen MR) is 102 cm³/mol. The van der Waals surface area contributed by atoms with Gasteiger partial charge in [0.2, 0.25) is 5.91 Å². The first-order chi connectivity index (χ1) is 12.8. The van der Waals surface area contributed by atoms with E-state index in [0.717, 1.165) is 35.8 Å². The maximum atomic E-state index is 12.3. The molecule has 3 heterocycles. The van der Waals surface area contributed by atoms with Crippen molar-refractivity contribution in [2.75, 3.05) is 38.2 Å². The van der Waals surface area contributed by atoms with Crippen molar-refractivity contribution in [3.8, 4) is 22.8 Å². The molecule has 26 heavy (non-hydrogen) atoms. The van der Waals surface area contributed by atoms with Gasteiger partial charge in [0, 0.05) is 10.9 Å². The third-order valence-electron chi connectivity index (χ3n) is 4.65. The average molecular weight is 373 g/mol. The van der Waals surface area contributed by atoms with Crippen LogP contribution >= 0.6 is 11.3 Å². The van der Waals surface area contributed by atoms with Crippen LogP contribution in [0.1, 0.15) is 25.7 Å². The van der Waals surface area contributed by atoms with Crippen LogP contribution in [0.2, 0.25) is 0 Å². The predicted octanol–water partition coefficient (Wildman–Crippen LogP) is 3.40. The summed E-state index contributed by atoms with van der Waals surface area (Å²) >= 11 is 1.44.